The summed E-state index contributed by atoms with van der Waals surface area (Å²) in [5, 5.41) is 0.725. The average molecular weight is 334 g/mol. The summed E-state index contributed by atoms with van der Waals surface area (Å²) in [5.74, 6) is 1.01. The third kappa shape index (κ3) is 4.58. The molecule has 0 N–H and O–H groups in total. The number of carbonyl (C=O) groups is 1. The topological polar surface area (TPSA) is 38.1 Å². The predicted octanol–water partition coefficient (Wildman–Crippen LogP) is 3.98. The monoisotopic (exact) mass is 333 g/mol. The average Bonchev–Trinajstić information content (AvgIpc) is 2.90. The van der Waals surface area contributed by atoms with Crippen molar-refractivity contribution in [2.24, 2.45) is 5.92 Å². The van der Waals surface area contributed by atoms with Crippen LogP contribution in [-0.4, -0.2) is 26.4 Å². The van der Waals surface area contributed by atoms with E-state index in [2.05, 4.69) is 9.55 Å². The van der Waals surface area contributed by atoms with Crippen molar-refractivity contribution in [3.05, 3.63) is 53.1 Å². The smallest absolute Gasteiger partial charge is 0.225 e. The molecule has 0 bridgehead atoms. The highest BCUT2D eigenvalue weighted by Crippen LogP contribution is 2.15. The van der Waals surface area contributed by atoms with E-state index >= 15 is 0 Å². The molecule has 5 heteroatoms. The van der Waals surface area contributed by atoms with E-state index in [0.717, 1.165) is 16.4 Å². The molecule has 2 rings (SSSR count). The van der Waals surface area contributed by atoms with Gasteiger partial charge in [-0.05, 0) is 31.5 Å². The van der Waals surface area contributed by atoms with Gasteiger partial charge in [0.2, 0.25) is 5.91 Å². The van der Waals surface area contributed by atoms with Crippen LogP contribution in [0, 0.1) is 5.92 Å². The fraction of sp³-hybridized carbons (Fsp3) is 0.444. The predicted molar refractivity (Wildman–Crippen MR) is 93.3 cm³/mol. The first kappa shape index (κ1) is 17.5. The molecule has 0 saturated heterocycles. The number of nitrogens with zero attached hydrogens (tertiary/aromatic N) is 3. The molecule has 0 fully saturated rings. The van der Waals surface area contributed by atoms with Gasteiger partial charge < -0.3 is 9.47 Å². The minimum Gasteiger partial charge on any atom is -0.333 e. The Morgan fingerprint density at radius 2 is 2.04 bits per heavy atom. The van der Waals surface area contributed by atoms with Gasteiger partial charge in [0.15, 0.2) is 0 Å². The summed E-state index contributed by atoms with van der Waals surface area (Å²) >= 11 is 6.05. The maximum Gasteiger partial charge on any atom is 0.225 e. The molecule has 0 atom stereocenters. The van der Waals surface area contributed by atoms with Gasteiger partial charge >= 0.3 is 0 Å². The number of halogens is 1. The number of carbonyl (C=O) groups excluding carboxylic acids is 1. The van der Waals surface area contributed by atoms with Crippen LogP contribution in [0.25, 0.3) is 0 Å². The van der Waals surface area contributed by atoms with Gasteiger partial charge in [-0.3, -0.25) is 4.79 Å². The second kappa shape index (κ2) is 7.64. The highest BCUT2D eigenvalue weighted by molar-refractivity contribution is 6.30. The quantitative estimate of drug-likeness (QED) is 0.802. The van der Waals surface area contributed by atoms with Gasteiger partial charge in [-0.15, -0.1) is 0 Å². The molecule has 2 aromatic rings. The van der Waals surface area contributed by atoms with Gasteiger partial charge in [0.25, 0.3) is 0 Å². The zero-order valence-electron chi connectivity index (χ0n) is 14.2. The Kier molecular flexibility index (Phi) is 5.83. The van der Waals surface area contributed by atoms with Crippen molar-refractivity contribution < 1.29 is 4.79 Å². The van der Waals surface area contributed by atoms with Crippen molar-refractivity contribution in [3.8, 4) is 0 Å². The minimum absolute atomic E-state index is 0.0197. The van der Waals surface area contributed by atoms with Gasteiger partial charge in [0, 0.05) is 35.9 Å². The molecular formula is C18H24ClN3O. The Morgan fingerprint density at radius 1 is 1.30 bits per heavy atom. The van der Waals surface area contributed by atoms with E-state index in [0.29, 0.717) is 13.1 Å². The van der Waals surface area contributed by atoms with Gasteiger partial charge in [-0.1, -0.05) is 37.6 Å². The van der Waals surface area contributed by atoms with E-state index in [1.54, 1.807) is 6.20 Å². The summed E-state index contributed by atoms with van der Waals surface area (Å²) in [4.78, 5) is 18.7. The molecule has 0 radical (unpaired) electrons. The lowest BCUT2D eigenvalue weighted by molar-refractivity contribution is -0.137. The normalized spacial score (nSPS) is 11.3. The molecular weight excluding hydrogens is 310 g/mol. The van der Waals surface area contributed by atoms with Gasteiger partial charge in [0.05, 0.1) is 6.54 Å². The summed E-state index contributed by atoms with van der Waals surface area (Å²) in [7, 11) is 0. The molecule has 0 saturated carbocycles. The molecule has 1 heterocycles. The Balaban J connectivity index is 2.18. The van der Waals surface area contributed by atoms with E-state index in [-0.39, 0.29) is 17.9 Å². The van der Waals surface area contributed by atoms with Gasteiger partial charge in [-0.2, -0.15) is 0 Å². The molecule has 1 amide bonds. The summed E-state index contributed by atoms with van der Waals surface area (Å²) in [6, 6.07) is 7.93. The molecule has 0 aliphatic heterocycles. The van der Waals surface area contributed by atoms with Crippen molar-refractivity contribution >= 4 is 17.5 Å². The standard InChI is InChI=1S/C18H24ClN3O/c1-13(2)18(23)22(14(3)4)12-17-20-8-9-21(17)11-15-6-5-7-16(19)10-15/h5-10,13-14H,11-12H2,1-4H3. The zero-order chi connectivity index (χ0) is 17.0. The first-order chi connectivity index (χ1) is 10.9. The Morgan fingerprint density at radius 3 is 2.65 bits per heavy atom. The SMILES string of the molecule is CC(C)C(=O)N(Cc1nccn1Cc1cccc(Cl)c1)C(C)C. The summed E-state index contributed by atoms with van der Waals surface area (Å²) in [6.07, 6.45) is 3.72. The van der Waals surface area contributed by atoms with Gasteiger partial charge in [-0.25, -0.2) is 4.98 Å². The molecule has 0 aliphatic carbocycles. The Bertz CT molecular complexity index is 664. The maximum atomic E-state index is 12.4. The summed E-state index contributed by atoms with van der Waals surface area (Å²) in [6.45, 7) is 9.13. The molecule has 0 spiro atoms. The van der Waals surface area contributed by atoms with Crippen molar-refractivity contribution in [2.75, 3.05) is 0 Å². The van der Waals surface area contributed by atoms with E-state index in [4.69, 9.17) is 11.6 Å². The zero-order valence-corrected chi connectivity index (χ0v) is 14.9. The lowest BCUT2D eigenvalue weighted by Crippen LogP contribution is -2.39. The van der Waals surface area contributed by atoms with Crippen LogP contribution in [0.4, 0.5) is 0 Å². The lowest BCUT2D eigenvalue weighted by atomic mass is 10.1. The third-order valence-electron chi connectivity index (χ3n) is 3.76. The fourth-order valence-electron chi connectivity index (χ4n) is 2.47. The fourth-order valence-corrected chi connectivity index (χ4v) is 2.68. The van der Waals surface area contributed by atoms with Crippen LogP contribution in [-0.2, 0) is 17.9 Å². The number of benzene rings is 1. The van der Waals surface area contributed by atoms with Crippen LogP contribution in [0.3, 0.4) is 0 Å². The second-order valence-electron chi connectivity index (χ2n) is 6.32. The van der Waals surface area contributed by atoms with Crippen LogP contribution in [0.15, 0.2) is 36.7 Å². The second-order valence-corrected chi connectivity index (χ2v) is 6.75. The third-order valence-corrected chi connectivity index (χ3v) is 3.99. The van der Waals surface area contributed by atoms with E-state index < -0.39 is 0 Å². The van der Waals surface area contributed by atoms with E-state index in [1.807, 2.05) is 63.1 Å². The first-order valence-electron chi connectivity index (χ1n) is 7.93. The molecule has 23 heavy (non-hydrogen) atoms. The number of imidazole rings is 1. The van der Waals surface area contributed by atoms with Crippen LogP contribution in [0.2, 0.25) is 5.02 Å². The van der Waals surface area contributed by atoms with Crippen LogP contribution in [0.1, 0.15) is 39.1 Å². The summed E-state index contributed by atoms with van der Waals surface area (Å²) < 4.78 is 2.06. The highest BCUT2D eigenvalue weighted by atomic mass is 35.5. The van der Waals surface area contributed by atoms with Crippen LogP contribution in [0.5, 0.6) is 0 Å². The number of amides is 1. The Hall–Kier alpha value is -1.81. The van der Waals surface area contributed by atoms with Crippen molar-refractivity contribution in [1.82, 2.24) is 14.5 Å². The van der Waals surface area contributed by atoms with E-state index in [1.165, 1.54) is 0 Å². The minimum atomic E-state index is -0.0197. The lowest BCUT2D eigenvalue weighted by Gasteiger charge is -2.28. The van der Waals surface area contributed by atoms with Crippen molar-refractivity contribution in [2.45, 2.75) is 46.8 Å². The van der Waals surface area contributed by atoms with Crippen molar-refractivity contribution in [3.63, 3.8) is 0 Å². The van der Waals surface area contributed by atoms with Gasteiger partial charge in [0.1, 0.15) is 5.82 Å². The number of aromatic nitrogens is 2. The largest absolute Gasteiger partial charge is 0.333 e. The van der Waals surface area contributed by atoms with Crippen molar-refractivity contribution in [1.29, 1.82) is 0 Å². The molecule has 4 nitrogen and oxygen atoms in total. The Labute approximate surface area is 143 Å². The van der Waals surface area contributed by atoms with Crippen LogP contribution >= 0.6 is 11.6 Å². The number of hydrogen-bond acceptors (Lipinski definition) is 2. The number of rotatable bonds is 6. The molecule has 1 aromatic heterocycles. The van der Waals surface area contributed by atoms with Crippen LogP contribution < -0.4 is 0 Å². The number of hydrogen-bond donors (Lipinski definition) is 0. The molecule has 1 aromatic carbocycles. The molecule has 0 aliphatic rings. The maximum absolute atomic E-state index is 12.4. The first-order valence-corrected chi connectivity index (χ1v) is 8.31. The highest BCUT2D eigenvalue weighted by Gasteiger charge is 2.21. The molecule has 124 valence electrons. The van der Waals surface area contributed by atoms with E-state index in [9.17, 15) is 4.79 Å². The summed E-state index contributed by atoms with van der Waals surface area (Å²) in [5.41, 5.74) is 1.11. The molecule has 0 unspecified atom stereocenters.